The van der Waals surface area contributed by atoms with Crippen LogP contribution in [0.25, 0.3) is 0 Å². The van der Waals surface area contributed by atoms with Crippen molar-refractivity contribution in [3.05, 3.63) is 35.6 Å². The molecule has 2 rings (SSSR count). The summed E-state index contributed by atoms with van der Waals surface area (Å²) in [5.41, 5.74) is 0.675. The highest BCUT2D eigenvalue weighted by molar-refractivity contribution is 5.77. The molecule has 0 spiro atoms. The Morgan fingerprint density at radius 3 is 2.45 bits per heavy atom. The zero-order valence-electron chi connectivity index (χ0n) is 11.9. The van der Waals surface area contributed by atoms with Gasteiger partial charge in [-0.1, -0.05) is 12.1 Å². The van der Waals surface area contributed by atoms with Gasteiger partial charge in [-0.2, -0.15) is 0 Å². The second-order valence-electron chi connectivity index (χ2n) is 5.52. The maximum Gasteiger partial charge on any atom is 0.236 e. The third-order valence-corrected chi connectivity index (χ3v) is 3.56. The van der Waals surface area contributed by atoms with Crippen LogP contribution in [0.5, 0.6) is 0 Å². The van der Waals surface area contributed by atoms with E-state index in [1.807, 2.05) is 4.90 Å². The predicted molar refractivity (Wildman–Crippen MR) is 74.6 cm³/mol. The van der Waals surface area contributed by atoms with E-state index in [2.05, 4.69) is 0 Å². The van der Waals surface area contributed by atoms with Crippen LogP contribution >= 0.6 is 0 Å². The number of halogens is 1. The highest BCUT2D eigenvalue weighted by Crippen LogP contribution is 2.28. The number of hydrogen-bond acceptors (Lipinski definition) is 3. The molecule has 1 aromatic rings. The van der Waals surface area contributed by atoms with Gasteiger partial charge in [0.25, 0.3) is 0 Å². The van der Waals surface area contributed by atoms with Crippen molar-refractivity contribution in [2.75, 3.05) is 27.2 Å². The molecule has 0 aromatic heterocycles. The van der Waals surface area contributed by atoms with Crippen LogP contribution in [-0.4, -0.2) is 54.0 Å². The van der Waals surface area contributed by atoms with Crippen LogP contribution < -0.4 is 0 Å². The first-order valence-corrected chi connectivity index (χ1v) is 6.85. The van der Waals surface area contributed by atoms with Crippen molar-refractivity contribution in [2.24, 2.45) is 0 Å². The average Bonchev–Trinajstić information content (AvgIpc) is 3.22. The number of hydrogen-bond donors (Lipinski definition) is 1. The van der Waals surface area contributed by atoms with Crippen molar-refractivity contribution >= 4 is 5.91 Å². The Hall–Kier alpha value is -1.46. The van der Waals surface area contributed by atoms with Crippen molar-refractivity contribution in [2.45, 2.75) is 25.0 Å². The summed E-state index contributed by atoms with van der Waals surface area (Å²) in [5, 5.41) is 10.2. The minimum Gasteiger partial charge on any atom is -0.387 e. The van der Waals surface area contributed by atoms with Gasteiger partial charge in [0.15, 0.2) is 0 Å². The summed E-state index contributed by atoms with van der Waals surface area (Å²) >= 11 is 0. The van der Waals surface area contributed by atoms with E-state index in [0.29, 0.717) is 24.7 Å². The Labute approximate surface area is 118 Å². The van der Waals surface area contributed by atoms with Crippen molar-refractivity contribution in [3.8, 4) is 0 Å². The zero-order chi connectivity index (χ0) is 14.7. The Bertz CT molecular complexity index is 457. The van der Waals surface area contributed by atoms with Gasteiger partial charge in [-0.05, 0) is 30.5 Å². The van der Waals surface area contributed by atoms with Crippen molar-refractivity contribution in [3.63, 3.8) is 0 Å². The molecule has 110 valence electrons. The van der Waals surface area contributed by atoms with E-state index < -0.39 is 6.10 Å². The van der Waals surface area contributed by atoms with E-state index in [9.17, 15) is 14.3 Å². The zero-order valence-corrected chi connectivity index (χ0v) is 11.9. The third kappa shape index (κ3) is 4.02. The van der Waals surface area contributed by atoms with Crippen LogP contribution in [0.15, 0.2) is 24.3 Å². The lowest BCUT2D eigenvalue weighted by Crippen LogP contribution is -2.40. The average molecular weight is 280 g/mol. The molecule has 0 radical (unpaired) electrons. The Morgan fingerprint density at radius 1 is 1.35 bits per heavy atom. The molecule has 5 heteroatoms. The van der Waals surface area contributed by atoms with Gasteiger partial charge in [-0.3, -0.25) is 9.69 Å². The van der Waals surface area contributed by atoms with Gasteiger partial charge in [0.2, 0.25) is 5.91 Å². The maximum atomic E-state index is 12.9. The third-order valence-electron chi connectivity index (χ3n) is 3.56. The normalized spacial score (nSPS) is 16.2. The molecule has 1 aliphatic rings. The lowest BCUT2D eigenvalue weighted by molar-refractivity contribution is -0.130. The van der Waals surface area contributed by atoms with E-state index in [1.165, 1.54) is 12.1 Å². The summed E-state index contributed by atoms with van der Waals surface area (Å²) in [6.45, 7) is 0.714. The molecule has 1 atom stereocenters. The molecule has 0 heterocycles. The van der Waals surface area contributed by atoms with Crippen molar-refractivity contribution in [1.82, 2.24) is 9.80 Å². The fourth-order valence-electron chi connectivity index (χ4n) is 2.11. The first kappa shape index (κ1) is 14.9. The van der Waals surface area contributed by atoms with Gasteiger partial charge < -0.3 is 10.0 Å². The molecule has 1 aliphatic carbocycles. The summed E-state index contributed by atoms with van der Waals surface area (Å²) < 4.78 is 12.9. The molecule has 0 aliphatic heterocycles. The van der Waals surface area contributed by atoms with E-state index in [1.54, 1.807) is 31.1 Å². The number of aliphatic hydroxyl groups is 1. The number of carbonyl (C=O) groups is 1. The first-order valence-electron chi connectivity index (χ1n) is 6.85. The van der Waals surface area contributed by atoms with E-state index in [-0.39, 0.29) is 11.7 Å². The highest BCUT2D eigenvalue weighted by atomic mass is 19.1. The van der Waals surface area contributed by atoms with Crippen LogP contribution in [0.3, 0.4) is 0 Å². The van der Waals surface area contributed by atoms with Crippen LogP contribution in [-0.2, 0) is 4.79 Å². The van der Waals surface area contributed by atoms with E-state index >= 15 is 0 Å². The van der Waals surface area contributed by atoms with Crippen LogP contribution in [0, 0.1) is 5.82 Å². The number of nitrogens with zero attached hydrogens (tertiary/aromatic N) is 2. The first-order chi connectivity index (χ1) is 9.47. The van der Waals surface area contributed by atoms with Gasteiger partial charge >= 0.3 is 0 Å². The lowest BCUT2D eigenvalue weighted by Gasteiger charge is -2.25. The molecule has 0 bridgehead atoms. The summed E-state index contributed by atoms with van der Waals surface area (Å²) in [7, 11) is 3.45. The van der Waals surface area contributed by atoms with Crippen molar-refractivity contribution in [1.29, 1.82) is 0 Å². The van der Waals surface area contributed by atoms with Gasteiger partial charge in [-0.25, -0.2) is 4.39 Å². The molecule has 1 N–H and O–H groups in total. The Kier molecular flexibility index (Phi) is 4.73. The minimum absolute atomic E-state index is 0.0307. The summed E-state index contributed by atoms with van der Waals surface area (Å²) in [4.78, 5) is 15.4. The molecular formula is C15H21FN2O2. The lowest BCUT2D eigenvalue weighted by atomic mass is 10.1. The molecule has 1 saturated carbocycles. The SMILES string of the molecule is CN(C)C(=O)CN(CC(O)c1ccc(F)cc1)C1CC1. The number of likely N-dealkylation sites (N-methyl/N-ethyl adjacent to an activating group) is 1. The monoisotopic (exact) mass is 280 g/mol. The van der Waals surface area contributed by atoms with Crippen LogP contribution in [0.4, 0.5) is 4.39 Å². The number of carbonyl (C=O) groups excluding carboxylic acids is 1. The fraction of sp³-hybridized carbons (Fsp3) is 0.533. The molecular weight excluding hydrogens is 259 g/mol. The van der Waals surface area contributed by atoms with E-state index in [4.69, 9.17) is 0 Å². The maximum absolute atomic E-state index is 12.9. The van der Waals surface area contributed by atoms with Crippen molar-refractivity contribution < 1.29 is 14.3 Å². The molecule has 20 heavy (non-hydrogen) atoms. The second-order valence-corrected chi connectivity index (χ2v) is 5.52. The van der Waals surface area contributed by atoms with Gasteiger partial charge in [0.05, 0.1) is 12.6 Å². The number of rotatable bonds is 6. The molecule has 0 saturated heterocycles. The summed E-state index contributed by atoms with van der Waals surface area (Å²) in [6, 6.07) is 6.22. The Balaban J connectivity index is 1.97. The highest BCUT2D eigenvalue weighted by Gasteiger charge is 2.32. The van der Waals surface area contributed by atoms with Crippen LogP contribution in [0.2, 0.25) is 0 Å². The quantitative estimate of drug-likeness (QED) is 0.857. The molecule has 1 aromatic carbocycles. The molecule has 4 nitrogen and oxygen atoms in total. The van der Waals surface area contributed by atoms with Gasteiger partial charge in [-0.15, -0.1) is 0 Å². The van der Waals surface area contributed by atoms with E-state index in [0.717, 1.165) is 12.8 Å². The minimum atomic E-state index is -0.703. The van der Waals surface area contributed by atoms with Crippen LogP contribution in [0.1, 0.15) is 24.5 Å². The smallest absolute Gasteiger partial charge is 0.236 e. The molecule has 1 amide bonds. The van der Waals surface area contributed by atoms with Gasteiger partial charge in [0.1, 0.15) is 5.82 Å². The summed E-state index contributed by atoms with van der Waals surface area (Å²) in [5.74, 6) is -0.286. The van der Waals surface area contributed by atoms with Gasteiger partial charge in [0, 0.05) is 26.7 Å². The standard InChI is InChI=1S/C15H21FN2O2/c1-17(2)15(20)10-18(13-7-8-13)9-14(19)11-3-5-12(16)6-4-11/h3-6,13-14,19H,7-10H2,1-2H3. The molecule has 1 unspecified atom stereocenters. The fourth-order valence-corrected chi connectivity index (χ4v) is 2.11. The second kappa shape index (κ2) is 6.33. The topological polar surface area (TPSA) is 43.8 Å². The summed E-state index contributed by atoms with van der Waals surface area (Å²) in [6.07, 6.45) is 1.43. The number of amides is 1. The Morgan fingerprint density at radius 2 is 1.95 bits per heavy atom. The predicted octanol–water partition coefficient (Wildman–Crippen LogP) is 1.41. The largest absolute Gasteiger partial charge is 0.387 e. The number of benzene rings is 1. The molecule has 1 fully saturated rings. The number of aliphatic hydroxyl groups excluding tert-OH is 1.